The third-order valence-electron chi connectivity index (χ3n) is 9.76. The number of nitriles is 1. The van der Waals surface area contributed by atoms with Gasteiger partial charge in [-0.05, 0) is 62.3 Å². The first-order valence-corrected chi connectivity index (χ1v) is 18.3. The van der Waals surface area contributed by atoms with Crippen LogP contribution in [0, 0.1) is 23.5 Å². The fraction of sp³-hybridized carbons (Fsp3) is 0.0784. The molecule has 0 aliphatic heterocycles. The van der Waals surface area contributed by atoms with Crippen LogP contribution in [-0.4, -0.2) is 9.97 Å². The van der Waals surface area contributed by atoms with E-state index in [1.54, 1.807) is 6.20 Å². The molecule has 9 rings (SSSR count). The van der Waals surface area contributed by atoms with Crippen LogP contribution in [0.15, 0.2) is 175 Å². The van der Waals surface area contributed by atoms with Crippen molar-refractivity contribution in [2.24, 2.45) is 0 Å². The largest absolute Gasteiger partial charge is 0.500 e. The van der Waals surface area contributed by atoms with E-state index in [2.05, 4.69) is 134 Å². The number of nitrogens with zero attached hydrogens (tertiary/aromatic N) is 3. The van der Waals surface area contributed by atoms with Gasteiger partial charge < -0.3 is 14.4 Å². The molecule has 0 bridgehead atoms. The molecule has 0 aliphatic rings. The topological polar surface area (TPSA) is 62.7 Å². The molecule has 0 fully saturated rings. The number of pyridine rings is 2. The Hall–Kier alpha value is -6.44. The molecule has 56 heavy (non-hydrogen) atoms. The van der Waals surface area contributed by atoms with E-state index in [0.29, 0.717) is 11.1 Å². The minimum absolute atomic E-state index is 0. The molecular weight excluding hydrogens is 863 g/mol. The van der Waals surface area contributed by atoms with E-state index in [0.717, 1.165) is 61.1 Å². The summed E-state index contributed by atoms with van der Waals surface area (Å²) in [5, 5.41) is 11.9. The van der Waals surface area contributed by atoms with Crippen molar-refractivity contribution >= 4 is 21.9 Å². The van der Waals surface area contributed by atoms with E-state index < -0.39 is 0 Å². The van der Waals surface area contributed by atoms with Crippen molar-refractivity contribution in [1.29, 1.82) is 5.26 Å². The summed E-state index contributed by atoms with van der Waals surface area (Å²) < 4.78 is 6.51. The average Bonchev–Trinajstić information content (AvgIpc) is 3.63. The van der Waals surface area contributed by atoms with Gasteiger partial charge in [-0.2, -0.15) is 5.26 Å². The zero-order chi connectivity index (χ0) is 37.8. The van der Waals surface area contributed by atoms with E-state index >= 15 is 0 Å². The molecule has 3 heterocycles. The van der Waals surface area contributed by atoms with Crippen LogP contribution in [0.2, 0.25) is 0 Å². The molecule has 0 saturated heterocycles. The van der Waals surface area contributed by atoms with Crippen LogP contribution in [0.4, 0.5) is 0 Å². The molecule has 9 aromatic rings. The Morgan fingerprint density at radius 3 is 1.79 bits per heavy atom. The summed E-state index contributed by atoms with van der Waals surface area (Å²) >= 11 is 0. The van der Waals surface area contributed by atoms with Crippen molar-refractivity contribution in [3.8, 4) is 62.0 Å². The van der Waals surface area contributed by atoms with Gasteiger partial charge in [-0.3, -0.25) is 0 Å². The molecule has 0 atom stereocenters. The van der Waals surface area contributed by atoms with Crippen LogP contribution >= 0.6 is 0 Å². The van der Waals surface area contributed by atoms with Gasteiger partial charge in [-0.25, -0.2) is 0 Å². The number of rotatable bonds is 5. The van der Waals surface area contributed by atoms with Gasteiger partial charge in [-0.15, -0.1) is 54.1 Å². The van der Waals surface area contributed by atoms with Gasteiger partial charge in [0, 0.05) is 43.4 Å². The minimum atomic E-state index is 0. The van der Waals surface area contributed by atoms with Crippen LogP contribution in [0.1, 0.15) is 31.9 Å². The standard InChI is InChI=1S/C36H21N2O.C15H16N.Ir/c37-23-29-20-21-31-30-9-6-10-32(33-11-4-5-22-38-33)35(30)39-36(31)34(29)28-18-16-27(17-19-28)26-14-12-25(13-15-26)24-7-2-1-3-8-24;1-15(2,3)13-9-10-14(16-11-13)12-7-5-4-6-8-12;/h1-9,11-22H;4-7,9-11H,1-3H3;/q2*-1;. The predicted molar refractivity (Wildman–Crippen MR) is 224 cm³/mol. The van der Waals surface area contributed by atoms with Gasteiger partial charge in [-0.1, -0.05) is 141 Å². The van der Waals surface area contributed by atoms with Crippen molar-refractivity contribution in [3.63, 3.8) is 0 Å². The summed E-state index contributed by atoms with van der Waals surface area (Å²) in [5.74, 6) is 0. The molecule has 273 valence electrons. The Labute approximate surface area is 341 Å². The normalized spacial score (nSPS) is 11.0. The fourth-order valence-corrected chi connectivity index (χ4v) is 6.75. The second-order valence-corrected chi connectivity index (χ2v) is 14.4. The third kappa shape index (κ3) is 7.86. The monoisotopic (exact) mass is 900 g/mol. The molecule has 0 N–H and O–H groups in total. The molecule has 0 aliphatic carbocycles. The summed E-state index contributed by atoms with van der Waals surface area (Å²) in [7, 11) is 0. The molecule has 6 aromatic carbocycles. The summed E-state index contributed by atoms with van der Waals surface area (Å²) in [5.41, 5.74) is 13.4. The first kappa shape index (κ1) is 37.9. The Kier molecular flexibility index (Phi) is 11.2. The number of furan rings is 1. The first-order chi connectivity index (χ1) is 26.9. The third-order valence-corrected chi connectivity index (χ3v) is 9.76. The van der Waals surface area contributed by atoms with E-state index in [9.17, 15) is 5.26 Å². The molecule has 3 aromatic heterocycles. The number of fused-ring (bicyclic) bond motifs is 3. The van der Waals surface area contributed by atoms with Crippen molar-refractivity contribution in [3.05, 3.63) is 193 Å². The molecule has 5 heteroatoms. The van der Waals surface area contributed by atoms with Gasteiger partial charge in [0.1, 0.15) is 5.58 Å². The van der Waals surface area contributed by atoms with Gasteiger partial charge in [0.05, 0.1) is 17.2 Å². The molecule has 0 spiro atoms. The van der Waals surface area contributed by atoms with Crippen LogP contribution < -0.4 is 0 Å². The molecule has 1 radical (unpaired) electrons. The van der Waals surface area contributed by atoms with E-state index in [-0.39, 0.29) is 25.5 Å². The van der Waals surface area contributed by atoms with Crippen molar-refractivity contribution < 1.29 is 24.5 Å². The predicted octanol–water partition coefficient (Wildman–Crippen LogP) is 13.2. The zero-order valence-electron chi connectivity index (χ0n) is 31.2. The summed E-state index contributed by atoms with van der Waals surface area (Å²) in [6, 6.07) is 61.8. The number of hydrogen-bond acceptors (Lipinski definition) is 4. The molecular formula is C51H37IrN3O-2. The maximum atomic E-state index is 9.99. The summed E-state index contributed by atoms with van der Waals surface area (Å²) in [6.07, 6.45) is 3.72. The van der Waals surface area contributed by atoms with Crippen molar-refractivity contribution in [2.45, 2.75) is 26.2 Å². The number of hydrogen-bond donors (Lipinski definition) is 0. The summed E-state index contributed by atoms with van der Waals surface area (Å²) in [6.45, 7) is 6.58. The first-order valence-electron chi connectivity index (χ1n) is 18.3. The quantitative estimate of drug-likeness (QED) is 0.161. The van der Waals surface area contributed by atoms with E-state index in [1.165, 1.54) is 16.7 Å². The maximum Gasteiger partial charge on any atom is 0.130 e. The Morgan fingerprint density at radius 2 is 1.20 bits per heavy atom. The number of benzene rings is 6. The molecule has 0 saturated carbocycles. The Balaban J connectivity index is 0.000000238. The van der Waals surface area contributed by atoms with Crippen LogP contribution in [0.3, 0.4) is 0 Å². The smallest absolute Gasteiger partial charge is 0.130 e. The Morgan fingerprint density at radius 1 is 0.554 bits per heavy atom. The van der Waals surface area contributed by atoms with Gasteiger partial charge in [0.25, 0.3) is 0 Å². The molecule has 4 nitrogen and oxygen atoms in total. The van der Waals surface area contributed by atoms with Gasteiger partial charge in [0.15, 0.2) is 0 Å². The van der Waals surface area contributed by atoms with Gasteiger partial charge in [0.2, 0.25) is 0 Å². The zero-order valence-corrected chi connectivity index (χ0v) is 33.6. The van der Waals surface area contributed by atoms with Crippen molar-refractivity contribution in [1.82, 2.24) is 9.97 Å². The van der Waals surface area contributed by atoms with E-state index in [4.69, 9.17) is 4.42 Å². The molecule has 0 unspecified atom stereocenters. The molecule has 0 amide bonds. The number of aromatic nitrogens is 2. The summed E-state index contributed by atoms with van der Waals surface area (Å²) in [4.78, 5) is 8.99. The van der Waals surface area contributed by atoms with Gasteiger partial charge >= 0.3 is 0 Å². The van der Waals surface area contributed by atoms with Crippen molar-refractivity contribution in [2.75, 3.05) is 0 Å². The second kappa shape index (κ2) is 16.5. The van der Waals surface area contributed by atoms with Crippen LogP contribution in [0.5, 0.6) is 0 Å². The Bertz CT molecular complexity index is 2750. The van der Waals surface area contributed by atoms with Crippen LogP contribution in [0.25, 0.3) is 77.8 Å². The second-order valence-electron chi connectivity index (χ2n) is 14.4. The van der Waals surface area contributed by atoms with Crippen LogP contribution in [-0.2, 0) is 25.5 Å². The SMILES string of the molecule is CC(C)(C)c1ccc(-c2[c-]cccc2)nc1.N#Cc1ccc2c(oc3c(-c4ccccn4)[c-]ccc32)c1-c1ccc(-c2ccc(-c3ccccc3)cc2)cc1.[Ir]. The minimum Gasteiger partial charge on any atom is -0.500 e. The average molecular weight is 900 g/mol. The van der Waals surface area contributed by atoms with E-state index in [1.807, 2.05) is 79.0 Å². The fourth-order valence-electron chi connectivity index (χ4n) is 6.75. The maximum absolute atomic E-state index is 9.99.